The average molecular weight is 549 g/mol. The molecule has 0 aliphatic carbocycles. The van der Waals surface area contributed by atoms with Gasteiger partial charge in [-0.1, -0.05) is 32.1 Å². The third kappa shape index (κ3) is 7.85. The van der Waals surface area contributed by atoms with Crippen LogP contribution in [-0.4, -0.2) is 56.2 Å². The van der Waals surface area contributed by atoms with E-state index >= 15 is 0 Å². The highest BCUT2D eigenvalue weighted by molar-refractivity contribution is 7.92. The fourth-order valence-corrected chi connectivity index (χ4v) is 5.08. The largest absolute Gasteiger partial charge is 0.460 e. The fourth-order valence-electron chi connectivity index (χ4n) is 3.52. The molecule has 0 amide bonds. The average Bonchev–Trinajstić information content (AvgIpc) is 3.24. The van der Waals surface area contributed by atoms with E-state index in [0.717, 1.165) is 42.0 Å². The Balaban J connectivity index is 1.93. The number of fused-ring (bicyclic) bond motifs is 1. The molecule has 0 unspecified atom stereocenters. The number of azo groups is 1. The number of carbonyl (C=O) groups excluding carboxylic acids is 1. The third-order valence-corrected chi connectivity index (χ3v) is 6.93. The van der Waals surface area contributed by atoms with Crippen molar-refractivity contribution in [2.24, 2.45) is 16.1 Å². The van der Waals surface area contributed by atoms with E-state index in [2.05, 4.69) is 25.3 Å². The molecule has 1 aromatic heterocycles. The van der Waals surface area contributed by atoms with Crippen molar-refractivity contribution in [3.63, 3.8) is 0 Å². The van der Waals surface area contributed by atoms with Crippen LogP contribution in [0.5, 0.6) is 0 Å². The smallest absolute Gasteiger partial charge is 0.404 e. The SMILES string of the molecule is CCCN1CCCc2cc(N=Nc3nnc(C(=O)OCC(C)C)s3)c(NS(=O)(=O)CC(F)(F)F)cc21. The monoisotopic (exact) mass is 548 g/mol. The summed E-state index contributed by atoms with van der Waals surface area (Å²) in [4.78, 5) is 14.1. The van der Waals surface area contributed by atoms with Crippen molar-refractivity contribution in [2.75, 3.05) is 35.1 Å². The lowest BCUT2D eigenvalue weighted by Gasteiger charge is -2.32. The van der Waals surface area contributed by atoms with Crippen LogP contribution < -0.4 is 9.62 Å². The summed E-state index contributed by atoms with van der Waals surface area (Å²) >= 11 is 0.822. The van der Waals surface area contributed by atoms with Gasteiger partial charge in [0.15, 0.2) is 5.75 Å². The Hall–Kier alpha value is -2.81. The van der Waals surface area contributed by atoms with E-state index < -0.39 is 27.9 Å². The Labute approximate surface area is 211 Å². The maximum absolute atomic E-state index is 12.8. The first-order valence-corrected chi connectivity index (χ1v) is 13.7. The van der Waals surface area contributed by atoms with Crippen molar-refractivity contribution in [1.29, 1.82) is 0 Å². The Morgan fingerprint density at radius 3 is 2.69 bits per heavy atom. The summed E-state index contributed by atoms with van der Waals surface area (Å²) in [5.41, 5.74) is 1.50. The molecule has 3 rings (SSSR count). The number of nitrogens with one attached hydrogen (secondary N) is 1. The van der Waals surface area contributed by atoms with Gasteiger partial charge in [-0.25, -0.2) is 13.2 Å². The standard InChI is InChI=1S/C21H27F3N6O4S2/c1-4-7-30-8-5-6-14-9-15(16(10-17(14)30)29-36(32,33)12-21(22,23)24)25-27-20-28-26-18(35-20)19(31)34-11-13(2)3/h9-10,13,29H,4-8,11-12H2,1-3H3. The highest BCUT2D eigenvalue weighted by Gasteiger charge is 2.35. The van der Waals surface area contributed by atoms with Crippen LogP contribution in [0.1, 0.15) is 49.0 Å². The summed E-state index contributed by atoms with van der Waals surface area (Å²) in [7, 11) is -4.76. The molecule has 10 nitrogen and oxygen atoms in total. The van der Waals surface area contributed by atoms with Gasteiger partial charge < -0.3 is 9.64 Å². The van der Waals surface area contributed by atoms with Crippen LogP contribution in [-0.2, 0) is 21.2 Å². The molecule has 1 aromatic carbocycles. The Morgan fingerprint density at radius 1 is 1.28 bits per heavy atom. The van der Waals surface area contributed by atoms with Crippen LogP contribution in [0, 0.1) is 5.92 Å². The molecule has 0 fully saturated rings. The molecule has 15 heteroatoms. The number of halogens is 3. The van der Waals surface area contributed by atoms with Crippen molar-refractivity contribution < 1.29 is 31.1 Å². The molecule has 0 radical (unpaired) electrons. The second-order valence-electron chi connectivity index (χ2n) is 8.65. The van der Waals surface area contributed by atoms with Crippen molar-refractivity contribution >= 4 is 49.5 Å². The quantitative estimate of drug-likeness (QED) is 0.318. The zero-order valence-corrected chi connectivity index (χ0v) is 21.6. The predicted molar refractivity (Wildman–Crippen MR) is 130 cm³/mol. The molecule has 0 spiro atoms. The number of aryl methyl sites for hydroxylation is 1. The first kappa shape index (κ1) is 27.8. The van der Waals surface area contributed by atoms with Crippen LogP contribution in [0.25, 0.3) is 0 Å². The third-order valence-electron chi connectivity index (χ3n) is 4.90. The van der Waals surface area contributed by atoms with E-state index in [-0.39, 0.29) is 34.0 Å². The number of rotatable bonds is 10. The van der Waals surface area contributed by atoms with Crippen LogP contribution >= 0.6 is 11.3 Å². The van der Waals surface area contributed by atoms with Gasteiger partial charge in [-0.15, -0.1) is 20.4 Å². The molecule has 0 saturated heterocycles. The fraction of sp³-hybridized carbons (Fsp3) is 0.571. The molecule has 0 saturated carbocycles. The first-order valence-electron chi connectivity index (χ1n) is 11.3. The highest BCUT2D eigenvalue weighted by Crippen LogP contribution is 2.38. The van der Waals surface area contributed by atoms with E-state index in [4.69, 9.17) is 4.74 Å². The molecular formula is C21H27F3N6O4S2. The molecule has 36 heavy (non-hydrogen) atoms. The number of esters is 1. The number of nitrogens with zero attached hydrogens (tertiary/aromatic N) is 5. The number of sulfonamides is 1. The predicted octanol–water partition coefficient (Wildman–Crippen LogP) is 5.23. The molecule has 2 aromatic rings. The molecule has 0 atom stereocenters. The van der Waals surface area contributed by atoms with E-state index in [1.165, 1.54) is 6.07 Å². The molecule has 1 N–H and O–H groups in total. The summed E-state index contributed by atoms with van der Waals surface area (Å²) in [6, 6.07) is 3.09. The van der Waals surface area contributed by atoms with Crippen LogP contribution in [0.4, 0.5) is 35.4 Å². The van der Waals surface area contributed by atoms with Crippen LogP contribution in [0.3, 0.4) is 0 Å². The van der Waals surface area contributed by atoms with Crippen molar-refractivity contribution in [1.82, 2.24) is 10.2 Å². The molecule has 198 valence electrons. The van der Waals surface area contributed by atoms with E-state index in [9.17, 15) is 26.4 Å². The summed E-state index contributed by atoms with van der Waals surface area (Å²) in [5, 5.41) is 15.4. The minimum atomic E-state index is -4.91. The van der Waals surface area contributed by atoms with Crippen molar-refractivity contribution in [3.05, 3.63) is 22.7 Å². The lowest BCUT2D eigenvalue weighted by molar-refractivity contribution is -0.106. The highest BCUT2D eigenvalue weighted by atomic mass is 32.2. The number of hydrogen-bond acceptors (Lipinski definition) is 10. The number of ether oxygens (including phenoxy) is 1. The maximum Gasteiger partial charge on any atom is 0.404 e. The summed E-state index contributed by atoms with van der Waals surface area (Å²) in [5.74, 6) is -2.56. The Bertz CT molecular complexity index is 1210. The number of benzene rings is 1. The van der Waals surface area contributed by atoms with Gasteiger partial charge in [0.2, 0.25) is 15.0 Å². The summed E-state index contributed by atoms with van der Waals surface area (Å²) in [6.07, 6.45) is -2.52. The zero-order chi connectivity index (χ0) is 26.5. The van der Waals surface area contributed by atoms with Gasteiger partial charge in [0.25, 0.3) is 5.13 Å². The number of aromatic nitrogens is 2. The second kappa shape index (κ2) is 11.5. The number of anilines is 2. The lowest BCUT2D eigenvalue weighted by atomic mass is 10.00. The topological polar surface area (TPSA) is 126 Å². The molecular weight excluding hydrogens is 521 g/mol. The maximum atomic E-state index is 12.8. The normalized spacial score (nSPS) is 14.4. The lowest BCUT2D eigenvalue weighted by Crippen LogP contribution is -2.31. The zero-order valence-electron chi connectivity index (χ0n) is 20.0. The minimum Gasteiger partial charge on any atom is -0.460 e. The van der Waals surface area contributed by atoms with Gasteiger partial charge in [0.05, 0.1) is 12.3 Å². The van der Waals surface area contributed by atoms with E-state index in [0.29, 0.717) is 13.0 Å². The van der Waals surface area contributed by atoms with Gasteiger partial charge in [-0.3, -0.25) is 4.72 Å². The number of alkyl halides is 3. The van der Waals surface area contributed by atoms with Gasteiger partial charge in [0, 0.05) is 18.8 Å². The van der Waals surface area contributed by atoms with E-state index in [1.54, 1.807) is 6.07 Å². The molecule has 2 heterocycles. The number of carbonyl (C=O) groups is 1. The van der Waals surface area contributed by atoms with Crippen molar-refractivity contribution in [3.8, 4) is 0 Å². The number of hydrogen-bond donors (Lipinski definition) is 1. The van der Waals surface area contributed by atoms with Crippen LogP contribution in [0.2, 0.25) is 0 Å². The van der Waals surface area contributed by atoms with Crippen LogP contribution in [0.15, 0.2) is 22.4 Å². The van der Waals surface area contributed by atoms with Crippen molar-refractivity contribution in [2.45, 2.75) is 46.2 Å². The first-order chi connectivity index (χ1) is 16.9. The minimum absolute atomic E-state index is 0.000857. The summed E-state index contributed by atoms with van der Waals surface area (Å²) in [6.45, 7) is 7.43. The van der Waals surface area contributed by atoms with Gasteiger partial charge >= 0.3 is 12.1 Å². The van der Waals surface area contributed by atoms with Gasteiger partial charge in [-0.2, -0.15) is 13.2 Å². The van der Waals surface area contributed by atoms with E-state index in [1.807, 2.05) is 25.5 Å². The Morgan fingerprint density at radius 2 is 2.03 bits per heavy atom. The van der Waals surface area contributed by atoms with Gasteiger partial charge in [0.1, 0.15) is 5.69 Å². The molecule has 1 aliphatic heterocycles. The summed E-state index contributed by atoms with van der Waals surface area (Å²) < 4.78 is 70.0. The molecule has 0 bridgehead atoms. The van der Waals surface area contributed by atoms with Gasteiger partial charge in [-0.05, 0) is 42.9 Å². The second-order valence-corrected chi connectivity index (χ2v) is 11.3. The molecule has 1 aliphatic rings. The Kier molecular flexibility index (Phi) is 8.87.